The topological polar surface area (TPSA) is 83.0 Å². The molecule has 0 saturated heterocycles. The molecule has 32 heavy (non-hydrogen) atoms. The van der Waals surface area contributed by atoms with Crippen LogP contribution < -0.4 is 19.6 Å². The molecule has 1 atom stereocenters. The number of benzene rings is 1. The van der Waals surface area contributed by atoms with Gasteiger partial charge >= 0.3 is 5.97 Å². The lowest BCUT2D eigenvalue weighted by Gasteiger charge is -2.24. The molecule has 4 rings (SSSR count). The molecule has 0 radical (unpaired) electrons. The molecule has 7 nitrogen and oxygen atoms in total. The lowest BCUT2D eigenvalue weighted by Crippen LogP contribution is -2.39. The highest BCUT2D eigenvalue weighted by molar-refractivity contribution is 7.07. The largest absolute Gasteiger partial charge is 0.497 e. The Morgan fingerprint density at radius 3 is 2.62 bits per heavy atom. The number of fused-ring (bicyclic) bond motifs is 1. The van der Waals surface area contributed by atoms with Crippen molar-refractivity contribution in [2.24, 2.45) is 4.99 Å². The molecule has 0 spiro atoms. The Morgan fingerprint density at radius 1 is 1.25 bits per heavy atom. The Hall–Kier alpha value is -3.65. The molecule has 2 aromatic heterocycles. The number of hydrogen-bond donors (Lipinski definition) is 0. The van der Waals surface area contributed by atoms with Crippen LogP contribution in [-0.2, 0) is 9.53 Å². The number of methoxy groups -OCH3 is 1. The highest BCUT2D eigenvalue weighted by Gasteiger charge is 2.33. The second kappa shape index (κ2) is 8.84. The van der Waals surface area contributed by atoms with E-state index in [-0.39, 0.29) is 12.2 Å². The highest BCUT2D eigenvalue weighted by Crippen LogP contribution is 2.31. The zero-order valence-corrected chi connectivity index (χ0v) is 18.8. The first-order valence-corrected chi connectivity index (χ1v) is 10.8. The minimum Gasteiger partial charge on any atom is -0.497 e. The predicted molar refractivity (Wildman–Crippen MR) is 121 cm³/mol. The maximum atomic E-state index is 13.4. The SMILES string of the molecule is C=CCOC(=O)C1=C(C)N=c2sc(=Cc3ccc(C)o3)c(=O)n2C1c1ccc(OC)cc1. The normalized spacial score (nSPS) is 15.8. The number of furan rings is 1. The third-order valence-electron chi connectivity index (χ3n) is 5.04. The van der Waals surface area contributed by atoms with E-state index in [2.05, 4.69) is 11.6 Å². The van der Waals surface area contributed by atoms with Crippen molar-refractivity contribution in [2.45, 2.75) is 19.9 Å². The smallest absolute Gasteiger partial charge is 0.338 e. The van der Waals surface area contributed by atoms with Crippen LogP contribution >= 0.6 is 11.3 Å². The van der Waals surface area contributed by atoms with Crippen molar-refractivity contribution >= 4 is 23.4 Å². The van der Waals surface area contributed by atoms with Crippen molar-refractivity contribution in [1.29, 1.82) is 0 Å². The van der Waals surface area contributed by atoms with Crippen LogP contribution in [0.5, 0.6) is 5.75 Å². The average molecular weight is 451 g/mol. The van der Waals surface area contributed by atoms with E-state index >= 15 is 0 Å². The van der Waals surface area contributed by atoms with Crippen molar-refractivity contribution in [2.75, 3.05) is 13.7 Å². The number of ether oxygens (including phenoxy) is 2. The van der Waals surface area contributed by atoms with Crippen LogP contribution in [-0.4, -0.2) is 24.3 Å². The van der Waals surface area contributed by atoms with Crippen molar-refractivity contribution < 1.29 is 18.7 Å². The first kappa shape index (κ1) is 21.6. The lowest BCUT2D eigenvalue weighted by molar-refractivity contribution is -0.138. The van der Waals surface area contributed by atoms with E-state index in [4.69, 9.17) is 13.9 Å². The van der Waals surface area contributed by atoms with Crippen LogP contribution in [0.3, 0.4) is 0 Å². The summed E-state index contributed by atoms with van der Waals surface area (Å²) >= 11 is 1.25. The standard InChI is InChI=1S/C24H22N2O5S/c1-5-12-30-23(28)20-15(3)25-24-26(21(20)16-7-10-17(29-4)11-8-16)22(27)19(32-24)13-18-9-6-14(2)31-18/h5-11,13,21H,1,12H2,2-4H3. The third-order valence-corrected chi connectivity index (χ3v) is 6.02. The Balaban J connectivity index is 1.92. The van der Waals surface area contributed by atoms with Gasteiger partial charge in [0, 0.05) is 6.08 Å². The average Bonchev–Trinajstić information content (AvgIpc) is 3.33. The van der Waals surface area contributed by atoms with Gasteiger partial charge in [0.1, 0.15) is 23.9 Å². The predicted octanol–water partition coefficient (Wildman–Crippen LogP) is 2.87. The summed E-state index contributed by atoms with van der Waals surface area (Å²) in [6, 6.07) is 10.2. The number of rotatable bonds is 6. The number of esters is 1. The third kappa shape index (κ3) is 3.97. The molecule has 8 heteroatoms. The molecular weight excluding hydrogens is 428 g/mol. The minimum atomic E-state index is -0.685. The van der Waals surface area contributed by atoms with E-state index in [1.807, 2.05) is 25.1 Å². The summed E-state index contributed by atoms with van der Waals surface area (Å²) in [6.07, 6.45) is 3.19. The molecule has 164 valence electrons. The number of allylic oxidation sites excluding steroid dienone is 1. The molecule has 1 aliphatic rings. The number of aromatic nitrogens is 1. The highest BCUT2D eigenvalue weighted by atomic mass is 32.1. The number of aryl methyl sites for hydroxylation is 1. The summed E-state index contributed by atoms with van der Waals surface area (Å²) in [5.74, 6) is 1.46. The minimum absolute atomic E-state index is 0.0627. The van der Waals surface area contributed by atoms with Crippen LogP contribution in [0, 0.1) is 6.92 Å². The first-order chi connectivity index (χ1) is 15.4. The summed E-state index contributed by atoms with van der Waals surface area (Å²) in [4.78, 5) is 31.5. The van der Waals surface area contributed by atoms with Crippen LogP contribution in [0.2, 0.25) is 0 Å². The molecular formula is C24H22N2O5S. The molecule has 0 fully saturated rings. The van der Waals surface area contributed by atoms with Gasteiger partial charge < -0.3 is 13.9 Å². The van der Waals surface area contributed by atoms with E-state index in [1.54, 1.807) is 38.3 Å². The summed E-state index contributed by atoms with van der Waals surface area (Å²) in [5.41, 5.74) is 1.30. The van der Waals surface area contributed by atoms with Gasteiger partial charge in [0.05, 0.1) is 29.0 Å². The number of nitrogens with zero attached hydrogens (tertiary/aromatic N) is 2. The Kier molecular flexibility index (Phi) is 5.96. The second-order valence-electron chi connectivity index (χ2n) is 7.19. The molecule has 1 unspecified atom stereocenters. The van der Waals surface area contributed by atoms with E-state index in [1.165, 1.54) is 22.0 Å². The molecule has 0 bridgehead atoms. The van der Waals surface area contributed by atoms with Gasteiger partial charge in [-0.2, -0.15) is 0 Å². The number of hydrogen-bond acceptors (Lipinski definition) is 7. The number of carbonyl (C=O) groups is 1. The second-order valence-corrected chi connectivity index (χ2v) is 8.20. The molecule has 3 heterocycles. The van der Waals surface area contributed by atoms with E-state index in [0.717, 1.165) is 11.3 Å². The number of thiazole rings is 1. The quantitative estimate of drug-likeness (QED) is 0.426. The van der Waals surface area contributed by atoms with Gasteiger partial charge in [-0.15, -0.1) is 0 Å². The molecule has 0 saturated carbocycles. The molecule has 0 N–H and O–H groups in total. The maximum absolute atomic E-state index is 13.4. The summed E-state index contributed by atoms with van der Waals surface area (Å²) in [7, 11) is 1.58. The molecule has 1 aromatic carbocycles. The fourth-order valence-electron chi connectivity index (χ4n) is 3.56. The van der Waals surface area contributed by atoms with Gasteiger partial charge in [0.25, 0.3) is 5.56 Å². The van der Waals surface area contributed by atoms with Gasteiger partial charge in [-0.25, -0.2) is 9.79 Å². The zero-order valence-electron chi connectivity index (χ0n) is 18.0. The summed E-state index contributed by atoms with van der Waals surface area (Å²) < 4.78 is 18.2. The summed E-state index contributed by atoms with van der Waals surface area (Å²) in [6.45, 7) is 7.24. The van der Waals surface area contributed by atoms with Crippen LogP contribution in [0.4, 0.5) is 0 Å². The van der Waals surface area contributed by atoms with Crippen molar-refractivity contribution in [3.8, 4) is 5.75 Å². The van der Waals surface area contributed by atoms with E-state index < -0.39 is 12.0 Å². The fourth-order valence-corrected chi connectivity index (χ4v) is 4.58. The lowest BCUT2D eigenvalue weighted by atomic mass is 9.96. The van der Waals surface area contributed by atoms with Gasteiger partial charge in [-0.05, 0) is 43.7 Å². The van der Waals surface area contributed by atoms with Gasteiger partial charge in [-0.1, -0.05) is 36.1 Å². The molecule has 0 aliphatic carbocycles. The molecule has 0 amide bonds. The van der Waals surface area contributed by atoms with Crippen LogP contribution in [0.25, 0.3) is 6.08 Å². The van der Waals surface area contributed by atoms with Gasteiger partial charge in [0.15, 0.2) is 4.80 Å². The van der Waals surface area contributed by atoms with E-state index in [0.29, 0.717) is 32.1 Å². The van der Waals surface area contributed by atoms with Crippen LogP contribution in [0.15, 0.2) is 74.5 Å². The molecule has 1 aliphatic heterocycles. The first-order valence-electron chi connectivity index (χ1n) is 9.94. The van der Waals surface area contributed by atoms with Crippen LogP contribution in [0.1, 0.15) is 30.0 Å². The zero-order chi connectivity index (χ0) is 22.8. The van der Waals surface area contributed by atoms with Gasteiger partial charge in [-0.3, -0.25) is 9.36 Å². The van der Waals surface area contributed by atoms with Crippen molar-refractivity contribution in [3.05, 3.63) is 97.1 Å². The Bertz CT molecular complexity index is 1390. The van der Waals surface area contributed by atoms with Gasteiger partial charge in [0.2, 0.25) is 0 Å². The van der Waals surface area contributed by atoms with Crippen molar-refractivity contribution in [3.63, 3.8) is 0 Å². The van der Waals surface area contributed by atoms with E-state index in [9.17, 15) is 9.59 Å². The Labute approximate surface area is 188 Å². The number of carbonyl (C=O) groups excluding carboxylic acids is 1. The Morgan fingerprint density at radius 2 is 2.00 bits per heavy atom. The fraction of sp³-hybridized carbons (Fsp3) is 0.208. The van der Waals surface area contributed by atoms with Crippen molar-refractivity contribution in [1.82, 2.24) is 4.57 Å². The monoisotopic (exact) mass is 450 g/mol. The maximum Gasteiger partial charge on any atom is 0.338 e. The molecule has 3 aromatic rings. The summed E-state index contributed by atoms with van der Waals surface area (Å²) in [5, 5.41) is 0.